The highest BCUT2D eigenvalue weighted by molar-refractivity contribution is 6.51. The molecule has 0 saturated heterocycles. The minimum atomic E-state index is 0.0101. The second-order valence-electron chi connectivity index (χ2n) is 5.65. The van der Waals surface area contributed by atoms with Crippen molar-refractivity contribution in [2.75, 3.05) is 0 Å². The van der Waals surface area contributed by atoms with Crippen LogP contribution in [0.4, 0.5) is 0 Å². The van der Waals surface area contributed by atoms with Crippen LogP contribution in [-0.4, -0.2) is 5.11 Å². The van der Waals surface area contributed by atoms with Gasteiger partial charge in [-0.3, -0.25) is 0 Å². The van der Waals surface area contributed by atoms with Crippen LogP contribution in [0, 0.1) is 0 Å². The van der Waals surface area contributed by atoms with Crippen molar-refractivity contribution in [1.29, 1.82) is 0 Å². The molecule has 0 aliphatic rings. The number of hydrogen-bond donors (Lipinski definition) is 1. The number of aromatic hydroxyl groups is 1. The third kappa shape index (κ3) is 3.82. The molecule has 1 N–H and O–H groups in total. The van der Waals surface area contributed by atoms with E-state index in [9.17, 15) is 5.11 Å². The first kappa shape index (κ1) is 17.7. The molecule has 0 spiro atoms. The number of hydrogen-bond acceptors (Lipinski definition) is 1. The molecule has 0 unspecified atom stereocenters. The fourth-order valence-corrected chi connectivity index (χ4v) is 3.54. The molecule has 0 heterocycles. The van der Waals surface area contributed by atoms with Crippen LogP contribution in [0.15, 0.2) is 18.2 Å². The normalized spacial score (nSPS) is 11.3. The molecule has 2 aromatic rings. The predicted molar refractivity (Wildman–Crippen MR) is 97.7 cm³/mol. The maximum absolute atomic E-state index is 10.2. The molecule has 2 rings (SSSR count). The molecule has 22 heavy (non-hydrogen) atoms. The number of fused-ring (bicyclic) bond motifs is 1. The minimum Gasteiger partial charge on any atom is -0.506 e. The van der Waals surface area contributed by atoms with Crippen molar-refractivity contribution in [3.63, 3.8) is 0 Å². The fraction of sp³-hybridized carbons (Fsp3) is 0.444. The van der Waals surface area contributed by atoms with E-state index in [4.69, 9.17) is 34.8 Å². The van der Waals surface area contributed by atoms with Gasteiger partial charge in [0, 0.05) is 10.8 Å². The average Bonchev–Trinajstić information content (AvgIpc) is 2.53. The topological polar surface area (TPSA) is 20.2 Å². The summed E-state index contributed by atoms with van der Waals surface area (Å²) in [5.41, 5.74) is 1.12. The number of phenols is 1. The van der Waals surface area contributed by atoms with Crippen molar-refractivity contribution in [2.45, 2.75) is 51.9 Å². The summed E-state index contributed by atoms with van der Waals surface area (Å²) >= 11 is 18.5. The van der Waals surface area contributed by atoms with Crippen LogP contribution < -0.4 is 0 Å². The fourth-order valence-electron chi connectivity index (χ4n) is 2.79. The summed E-state index contributed by atoms with van der Waals surface area (Å²) in [6.07, 6.45) is 8.39. The summed E-state index contributed by atoms with van der Waals surface area (Å²) in [6, 6.07) is 5.79. The second-order valence-corrected chi connectivity index (χ2v) is 6.78. The van der Waals surface area contributed by atoms with Crippen molar-refractivity contribution in [2.24, 2.45) is 0 Å². The van der Waals surface area contributed by atoms with E-state index in [-0.39, 0.29) is 15.8 Å². The molecule has 120 valence electrons. The highest BCUT2D eigenvalue weighted by Gasteiger charge is 2.17. The maximum Gasteiger partial charge on any atom is 0.143 e. The van der Waals surface area contributed by atoms with E-state index < -0.39 is 0 Å². The molecule has 1 nitrogen and oxygen atoms in total. The Bertz CT molecular complexity index is 653. The van der Waals surface area contributed by atoms with E-state index in [0.29, 0.717) is 10.4 Å². The molecule has 0 aliphatic carbocycles. The highest BCUT2D eigenvalue weighted by atomic mass is 35.5. The molecular weight excluding hydrogens is 339 g/mol. The zero-order valence-electron chi connectivity index (χ0n) is 12.8. The average molecular weight is 360 g/mol. The van der Waals surface area contributed by atoms with Crippen LogP contribution in [0.5, 0.6) is 5.75 Å². The van der Waals surface area contributed by atoms with Gasteiger partial charge in [0.05, 0.1) is 10.0 Å². The number of phenolic OH excluding ortho intramolecular Hbond substituents is 1. The van der Waals surface area contributed by atoms with Gasteiger partial charge in [0.25, 0.3) is 0 Å². The van der Waals surface area contributed by atoms with Crippen molar-refractivity contribution in [3.8, 4) is 5.75 Å². The Morgan fingerprint density at radius 3 is 2.27 bits per heavy atom. The van der Waals surface area contributed by atoms with Crippen molar-refractivity contribution < 1.29 is 5.11 Å². The second kappa shape index (κ2) is 8.29. The maximum atomic E-state index is 10.2. The summed E-state index contributed by atoms with van der Waals surface area (Å²) in [4.78, 5) is 0. The molecule has 2 aromatic carbocycles. The van der Waals surface area contributed by atoms with Crippen LogP contribution >= 0.6 is 34.8 Å². The standard InChI is InChI=1S/C18H21Cl3O/c1-2-3-4-5-6-7-9-12-10-8-11-13-14(12)15(19)16(20)17(21)18(13)22/h8,10-11,22H,2-7,9H2,1H3. The summed E-state index contributed by atoms with van der Waals surface area (Å²) in [5.74, 6) is 0.0101. The zero-order chi connectivity index (χ0) is 16.1. The van der Waals surface area contributed by atoms with Crippen molar-refractivity contribution >= 4 is 45.6 Å². The molecule has 0 aliphatic heterocycles. The Kier molecular flexibility index (Phi) is 6.67. The van der Waals surface area contributed by atoms with Crippen LogP contribution in [0.2, 0.25) is 15.1 Å². The third-order valence-electron chi connectivity index (χ3n) is 4.02. The predicted octanol–water partition coefficient (Wildman–Crippen LogP) is 7.41. The molecule has 0 bridgehead atoms. The lowest BCUT2D eigenvalue weighted by atomic mass is 9.98. The van der Waals surface area contributed by atoms with Gasteiger partial charge in [-0.05, 0) is 18.4 Å². The number of halogens is 3. The first-order chi connectivity index (χ1) is 10.6. The van der Waals surface area contributed by atoms with Gasteiger partial charge in [-0.25, -0.2) is 0 Å². The Balaban J connectivity index is 2.20. The van der Waals surface area contributed by atoms with E-state index >= 15 is 0 Å². The van der Waals surface area contributed by atoms with E-state index in [0.717, 1.165) is 23.8 Å². The van der Waals surface area contributed by atoms with Gasteiger partial charge in [0.15, 0.2) is 0 Å². The SMILES string of the molecule is CCCCCCCCc1cccc2c(O)c(Cl)c(Cl)c(Cl)c12. The van der Waals surface area contributed by atoms with Gasteiger partial charge in [-0.2, -0.15) is 0 Å². The largest absolute Gasteiger partial charge is 0.506 e. The van der Waals surface area contributed by atoms with Crippen LogP contribution in [0.1, 0.15) is 51.0 Å². The first-order valence-corrected chi connectivity index (χ1v) is 8.98. The molecule has 0 atom stereocenters. The molecule has 4 heteroatoms. The van der Waals surface area contributed by atoms with E-state index in [2.05, 4.69) is 6.92 Å². The number of unbranched alkanes of at least 4 members (excludes halogenated alkanes) is 5. The molecular formula is C18H21Cl3O. The molecule has 0 amide bonds. The van der Waals surface area contributed by atoms with E-state index in [1.165, 1.54) is 32.1 Å². The summed E-state index contributed by atoms with van der Waals surface area (Å²) < 4.78 is 0. The smallest absolute Gasteiger partial charge is 0.143 e. The summed E-state index contributed by atoms with van der Waals surface area (Å²) in [7, 11) is 0. The van der Waals surface area contributed by atoms with Gasteiger partial charge in [0.1, 0.15) is 10.8 Å². The highest BCUT2D eigenvalue weighted by Crippen LogP contribution is 2.45. The Labute approximate surface area is 147 Å². The van der Waals surface area contributed by atoms with E-state index in [1.54, 1.807) is 0 Å². The van der Waals surface area contributed by atoms with Gasteiger partial charge < -0.3 is 5.11 Å². The molecule has 0 aromatic heterocycles. The molecule has 0 saturated carbocycles. The Morgan fingerprint density at radius 1 is 0.864 bits per heavy atom. The van der Waals surface area contributed by atoms with Crippen molar-refractivity contribution in [1.82, 2.24) is 0 Å². The van der Waals surface area contributed by atoms with E-state index in [1.807, 2.05) is 18.2 Å². The van der Waals surface area contributed by atoms with Crippen LogP contribution in [0.3, 0.4) is 0 Å². The van der Waals surface area contributed by atoms with Crippen LogP contribution in [-0.2, 0) is 6.42 Å². The lowest BCUT2D eigenvalue weighted by Gasteiger charge is -2.12. The molecule has 0 radical (unpaired) electrons. The Morgan fingerprint density at radius 2 is 1.55 bits per heavy atom. The summed E-state index contributed by atoms with van der Waals surface area (Å²) in [6.45, 7) is 2.22. The Hall–Kier alpha value is -0.630. The summed E-state index contributed by atoms with van der Waals surface area (Å²) in [5, 5.41) is 12.5. The van der Waals surface area contributed by atoms with Gasteiger partial charge in [-0.15, -0.1) is 0 Å². The van der Waals surface area contributed by atoms with Gasteiger partial charge >= 0.3 is 0 Å². The zero-order valence-corrected chi connectivity index (χ0v) is 15.0. The van der Waals surface area contributed by atoms with Crippen LogP contribution in [0.25, 0.3) is 10.8 Å². The monoisotopic (exact) mass is 358 g/mol. The van der Waals surface area contributed by atoms with Crippen molar-refractivity contribution in [3.05, 3.63) is 38.8 Å². The quantitative estimate of drug-likeness (QED) is 0.403. The first-order valence-electron chi connectivity index (χ1n) is 7.85. The molecule has 0 fully saturated rings. The number of aryl methyl sites for hydroxylation is 1. The lowest BCUT2D eigenvalue weighted by molar-refractivity contribution is 0.482. The van der Waals surface area contributed by atoms with Gasteiger partial charge in [-0.1, -0.05) is 92.0 Å². The third-order valence-corrected chi connectivity index (χ3v) is 5.34. The number of benzene rings is 2. The number of rotatable bonds is 7. The van der Waals surface area contributed by atoms with Gasteiger partial charge in [0.2, 0.25) is 0 Å². The minimum absolute atomic E-state index is 0.0101. The lowest BCUT2D eigenvalue weighted by Crippen LogP contribution is -1.91.